The SMILES string of the molecule is CCC(=O)NCc1nc2ccccc2n1CCOc1ccc(C)cc1. The third-order valence-electron chi connectivity index (χ3n) is 4.10. The average Bonchev–Trinajstić information content (AvgIpc) is 2.99. The number of fused-ring (bicyclic) bond motifs is 1. The number of nitrogens with zero attached hydrogens (tertiary/aromatic N) is 2. The molecule has 0 bridgehead atoms. The Morgan fingerprint density at radius 3 is 2.68 bits per heavy atom. The first kappa shape index (κ1) is 17.0. The first-order chi connectivity index (χ1) is 12.2. The fraction of sp³-hybridized carbons (Fsp3) is 0.300. The molecule has 0 atom stereocenters. The van der Waals surface area contributed by atoms with Crippen molar-refractivity contribution in [1.29, 1.82) is 0 Å². The van der Waals surface area contributed by atoms with Crippen molar-refractivity contribution in [2.45, 2.75) is 33.4 Å². The zero-order valence-electron chi connectivity index (χ0n) is 14.7. The van der Waals surface area contributed by atoms with Crippen LogP contribution in [0.3, 0.4) is 0 Å². The van der Waals surface area contributed by atoms with Crippen molar-refractivity contribution in [2.75, 3.05) is 6.61 Å². The first-order valence-corrected chi connectivity index (χ1v) is 8.57. The predicted molar refractivity (Wildman–Crippen MR) is 98.5 cm³/mol. The van der Waals surface area contributed by atoms with Crippen LogP contribution in [0.2, 0.25) is 0 Å². The van der Waals surface area contributed by atoms with Crippen LogP contribution in [0, 0.1) is 6.92 Å². The Kier molecular flexibility index (Phi) is 5.33. The third-order valence-corrected chi connectivity index (χ3v) is 4.10. The minimum absolute atomic E-state index is 0.0227. The molecule has 25 heavy (non-hydrogen) atoms. The van der Waals surface area contributed by atoms with E-state index in [4.69, 9.17) is 4.74 Å². The van der Waals surface area contributed by atoms with Crippen molar-refractivity contribution >= 4 is 16.9 Å². The summed E-state index contributed by atoms with van der Waals surface area (Å²) in [5, 5.41) is 2.90. The number of carbonyl (C=O) groups excluding carboxylic acids is 1. The molecule has 1 aromatic heterocycles. The maximum atomic E-state index is 11.6. The van der Waals surface area contributed by atoms with Crippen molar-refractivity contribution < 1.29 is 9.53 Å². The van der Waals surface area contributed by atoms with Gasteiger partial charge in [-0.25, -0.2) is 4.98 Å². The normalized spacial score (nSPS) is 10.8. The van der Waals surface area contributed by atoms with Crippen molar-refractivity contribution in [2.24, 2.45) is 0 Å². The largest absolute Gasteiger partial charge is 0.492 e. The van der Waals surface area contributed by atoms with Crippen LogP contribution in [0.5, 0.6) is 5.75 Å². The van der Waals surface area contributed by atoms with Gasteiger partial charge in [0.1, 0.15) is 18.2 Å². The number of benzene rings is 2. The summed E-state index contributed by atoms with van der Waals surface area (Å²) in [6.45, 7) is 5.53. The van der Waals surface area contributed by atoms with Gasteiger partial charge < -0.3 is 14.6 Å². The molecule has 5 heteroatoms. The van der Waals surface area contributed by atoms with Crippen LogP contribution in [-0.4, -0.2) is 22.1 Å². The zero-order chi connectivity index (χ0) is 17.6. The van der Waals surface area contributed by atoms with Gasteiger partial charge in [-0.05, 0) is 31.2 Å². The summed E-state index contributed by atoms with van der Waals surface area (Å²) >= 11 is 0. The second-order valence-electron chi connectivity index (χ2n) is 5.96. The molecule has 0 aliphatic rings. The Hall–Kier alpha value is -2.82. The summed E-state index contributed by atoms with van der Waals surface area (Å²) in [5.41, 5.74) is 3.19. The smallest absolute Gasteiger partial charge is 0.220 e. The number of hydrogen-bond acceptors (Lipinski definition) is 3. The number of aryl methyl sites for hydroxylation is 1. The van der Waals surface area contributed by atoms with Crippen molar-refractivity contribution in [3.8, 4) is 5.75 Å². The molecule has 0 saturated heterocycles. The highest BCUT2D eigenvalue weighted by Crippen LogP contribution is 2.17. The zero-order valence-corrected chi connectivity index (χ0v) is 14.7. The molecule has 1 heterocycles. The summed E-state index contributed by atoms with van der Waals surface area (Å²) in [7, 11) is 0. The molecule has 3 rings (SSSR count). The van der Waals surface area contributed by atoms with E-state index in [-0.39, 0.29) is 5.91 Å². The molecular weight excluding hydrogens is 314 g/mol. The van der Waals surface area contributed by atoms with Gasteiger partial charge in [0.2, 0.25) is 5.91 Å². The third kappa shape index (κ3) is 4.18. The number of rotatable bonds is 7. The molecule has 0 fully saturated rings. The molecule has 0 unspecified atom stereocenters. The van der Waals surface area contributed by atoms with E-state index in [0.717, 1.165) is 22.6 Å². The molecule has 0 aliphatic carbocycles. The summed E-state index contributed by atoms with van der Waals surface area (Å²) in [4.78, 5) is 16.2. The fourth-order valence-corrected chi connectivity index (χ4v) is 2.70. The summed E-state index contributed by atoms with van der Waals surface area (Å²) in [6, 6.07) is 16.0. The molecule has 130 valence electrons. The lowest BCUT2D eigenvalue weighted by Gasteiger charge is -2.11. The predicted octanol–water partition coefficient (Wildman–Crippen LogP) is 3.45. The molecule has 2 aromatic carbocycles. The van der Waals surface area contributed by atoms with Gasteiger partial charge in [-0.1, -0.05) is 36.8 Å². The van der Waals surface area contributed by atoms with E-state index in [0.29, 0.717) is 26.1 Å². The van der Waals surface area contributed by atoms with Gasteiger partial charge in [0.25, 0.3) is 0 Å². The monoisotopic (exact) mass is 337 g/mol. The fourth-order valence-electron chi connectivity index (χ4n) is 2.70. The van der Waals surface area contributed by atoms with E-state index >= 15 is 0 Å². The number of nitrogens with one attached hydrogen (secondary N) is 1. The molecule has 1 N–H and O–H groups in total. The van der Waals surface area contributed by atoms with Crippen LogP contribution in [0.25, 0.3) is 11.0 Å². The number of carbonyl (C=O) groups is 1. The van der Waals surface area contributed by atoms with Gasteiger partial charge in [0.05, 0.1) is 24.1 Å². The standard InChI is InChI=1S/C20H23N3O2/c1-3-20(24)21-14-19-22-17-6-4-5-7-18(17)23(19)12-13-25-16-10-8-15(2)9-11-16/h4-11H,3,12-14H2,1-2H3,(H,21,24). The Morgan fingerprint density at radius 1 is 1.16 bits per heavy atom. The molecule has 1 amide bonds. The van der Waals surface area contributed by atoms with Gasteiger partial charge in [0.15, 0.2) is 0 Å². The molecule has 5 nitrogen and oxygen atoms in total. The second-order valence-corrected chi connectivity index (χ2v) is 5.96. The number of amides is 1. The van der Waals surface area contributed by atoms with Gasteiger partial charge >= 0.3 is 0 Å². The maximum absolute atomic E-state index is 11.6. The van der Waals surface area contributed by atoms with Gasteiger partial charge in [0, 0.05) is 6.42 Å². The summed E-state index contributed by atoms with van der Waals surface area (Å²) < 4.78 is 7.96. The highest BCUT2D eigenvalue weighted by atomic mass is 16.5. The van der Waals surface area contributed by atoms with E-state index in [2.05, 4.69) is 21.8 Å². The van der Waals surface area contributed by atoms with E-state index in [1.807, 2.05) is 55.5 Å². The minimum atomic E-state index is 0.0227. The number of hydrogen-bond donors (Lipinski definition) is 1. The molecule has 0 aliphatic heterocycles. The van der Waals surface area contributed by atoms with E-state index in [1.165, 1.54) is 5.56 Å². The van der Waals surface area contributed by atoms with Gasteiger partial charge in [-0.3, -0.25) is 4.79 Å². The summed E-state index contributed by atoms with van der Waals surface area (Å²) in [6.07, 6.45) is 0.469. The lowest BCUT2D eigenvalue weighted by atomic mass is 10.2. The molecule has 0 radical (unpaired) electrons. The highest BCUT2D eigenvalue weighted by molar-refractivity contribution is 5.77. The Morgan fingerprint density at radius 2 is 1.92 bits per heavy atom. The number of para-hydroxylation sites is 2. The van der Waals surface area contributed by atoms with Crippen molar-refractivity contribution in [3.63, 3.8) is 0 Å². The molecular formula is C20H23N3O2. The van der Waals surface area contributed by atoms with E-state index < -0.39 is 0 Å². The number of aromatic nitrogens is 2. The van der Waals surface area contributed by atoms with Crippen LogP contribution in [0.1, 0.15) is 24.7 Å². The van der Waals surface area contributed by atoms with Crippen molar-refractivity contribution in [3.05, 3.63) is 59.9 Å². The average molecular weight is 337 g/mol. The van der Waals surface area contributed by atoms with E-state index in [1.54, 1.807) is 0 Å². The summed E-state index contributed by atoms with van der Waals surface area (Å²) in [5.74, 6) is 1.72. The Labute approximate surface area is 147 Å². The lowest BCUT2D eigenvalue weighted by Crippen LogP contribution is -2.24. The van der Waals surface area contributed by atoms with Gasteiger partial charge in [-0.15, -0.1) is 0 Å². The molecule has 3 aromatic rings. The van der Waals surface area contributed by atoms with Crippen LogP contribution >= 0.6 is 0 Å². The van der Waals surface area contributed by atoms with Crippen molar-refractivity contribution in [1.82, 2.24) is 14.9 Å². The highest BCUT2D eigenvalue weighted by Gasteiger charge is 2.11. The molecule has 0 saturated carbocycles. The van der Waals surface area contributed by atoms with Crippen LogP contribution in [0.4, 0.5) is 0 Å². The van der Waals surface area contributed by atoms with Gasteiger partial charge in [-0.2, -0.15) is 0 Å². The number of ether oxygens (including phenoxy) is 1. The van der Waals surface area contributed by atoms with Crippen LogP contribution in [0.15, 0.2) is 48.5 Å². The maximum Gasteiger partial charge on any atom is 0.220 e. The number of imidazole rings is 1. The molecule has 0 spiro atoms. The quantitative estimate of drug-likeness (QED) is 0.718. The topological polar surface area (TPSA) is 56.2 Å². The van der Waals surface area contributed by atoms with E-state index in [9.17, 15) is 4.79 Å². The minimum Gasteiger partial charge on any atom is -0.492 e. The lowest BCUT2D eigenvalue weighted by molar-refractivity contribution is -0.120. The Bertz CT molecular complexity index is 853. The first-order valence-electron chi connectivity index (χ1n) is 8.57. The second kappa shape index (κ2) is 7.83. The van der Waals surface area contributed by atoms with Crippen LogP contribution < -0.4 is 10.1 Å². The van der Waals surface area contributed by atoms with Crippen LogP contribution in [-0.2, 0) is 17.9 Å². The Balaban J connectivity index is 1.73.